The van der Waals surface area contributed by atoms with Crippen LogP contribution in [-0.4, -0.2) is 46.4 Å². The summed E-state index contributed by atoms with van der Waals surface area (Å²) in [6, 6.07) is 14.3. The van der Waals surface area contributed by atoms with Crippen molar-refractivity contribution in [1.29, 1.82) is 0 Å². The molecule has 2 heterocycles. The van der Waals surface area contributed by atoms with Crippen LogP contribution in [0, 0.1) is 0 Å². The lowest BCUT2D eigenvalue weighted by Crippen LogP contribution is -2.36. The first-order valence-corrected chi connectivity index (χ1v) is 10.2. The average Bonchev–Trinajstić information content (AvgIpc) is 3.30. The van der Waals surface area contributed by atoms with Crippen molar-refractivity contribution in [3.05, 3.63) is 59.3 Å². The largest absolute Gasteiger partial charge is 0.493 e. The van der Waals surface area contributed by atoms with Gasteiger partial charge in [0.05, 0.1) is 38.8 Å². The summed E-state index contributed by atoms with van der Waals surface area (Å²) in [7, 11) is 3.14. The van der Waals surface area contributed by atoms with Crippen LogP contribution in [0.25, 0.3) is 11.3 Å². The van der Waals surface area contributed by atoms with Gasteiger partial charge in [-0.1, -0.05) is 11.6 Å². The first-order valence-electron chi connectivity index (χ1n) is 9.85. The fourth-order valence-corrected chi connectivity index (χ4v) is 3.57. The fraction of sp³-hybridized carbons (Fsp3) is 0.261. The maximum Gasteiger partial charge on any atom is 0.291 e. The van der Waals surface area contributed by atoms with Gasteiger partial charge in [0, 0.05) is 35.8 Å². The quantitative estimate of drug-likeness (QED) is 0.596. The molecule has 0 unspecified atom stereocenters. The van der Waals surface area contributed by atoms with Gasteiger partial charge >= 0.3 is 0 Å². The third-order valence-corrected chi connectivity index (χ3v) is 5.31. The molecular formula is C23H23ClN2O5. The van der Waals surface area contributed by atoms with E-state index in [9.17, 15) is 4.79 Å². The van der Waals surface area contributed by atoms with E-state index in [1.807, 2.05) is 18.2 Å². The van der Waals surface area contributed by atoms with E-state index in [2.05, 4.69) is 10.2 Å². The molecule has 1 aliphatic heterocycles. The first-order chi connectivity index (χ1) is 15.1. The Morgan fingerprint density at radius 3 is 2.35 bits per heavy atom. The van der Waals surface area contributed by atoms with Crippen molar-refractivity contribution < 1.29 is 23.4 Å². The number of carbonyl (C=O) groups is 1. The molecule has 0 aliphatic carbocycles. The average molecular weight is 443 g/mol. The number of benzene rings is 2. The van der Waals surface area contributed by atoms with Gasteiger partial charge in [0.2, 0.25) is 0 Å². The Hall–Kier alpha value is -3.16. The van der Waals surface area contributed by atoms with Crippen molar-refractivity contribution in [2.45, 2.75) is 0 Å². The molecule has 4 rings (SSSR count). The monoisotopic (exact) mass is 442 g/mol. The number of rotatable bonds is 6. The highest BCUT2D eigenvalue weighted by Gasteiger charge is 2.21. The minimum absolute atomic E-state index is 0.202. The molecule has 0 saturated carbocycles. The topological polar surface area (TPSA) is 73.2 Å². The van der Waals surface area contributed by atoms with E-state index in [-0.39, 0.29) is 11.7 Å². The Morgan fingerprint density at radius 1 is 1.00 bits per heavy atom. The van der Waals surface area contributed by atoms with Crippen molar-refractivity contribution in [2.24, 2.45) is 0 Å². The van der Waals surface area contributed by atoms with Gasteiger partial charge in [0.25, 0.3) is 5.91 Å². The summed E-state index contributed by atoms with van der Waals surface area (Å²) in [4.78, 5) is 15.1. The smallest absolute Gasteiger partial charge is 0.291 e. The van der Waals surface area contributed by atoms with Crippen molar-refractivity contribution in [2.75, 3.05) is 50.7 Å². The number of nitrogens with zero attached hydrogens (tertiary/aromatic N) is 1. The van der Waals surface area contributed by atoms with Crippen LogP contribution in [-0.2, 0) is 4.74 Å². The number of carbonyl (C=O) groups excluding carboxylic acids is 1. The lowest BCUT2D eigenvalue weighted by atomic mass is 10.2. The number of ether oxygens (including phenoxy) is 3. The zero-order chi connectivity index (χ0) is 21.8. The second kappa shape index (κ2) is 9.32. The van der Waals surface area contributed by atoms with Crippen LogP contribution in [0.15, 0.2) is 52.9 Å². The van der Waals surface area contributed by atoms with Gasteiger partial charge in [0.1, 0.15) is 5.76 Å². The molecule has 1 aromatic heterocycles. The molecule has 1 saturated heterocycles. The van der Waals surface area contributed by atoms with Gasteiger partial charge in [0.15, 0.2) is 17.3 Å². The molecule has 0 spiro atoms. The maximum absolute atomic E-state index is 13.0. The second-order valence-electron chi connectivity index (χ2n) is 6.95. The molecule has 3 aromatic rings. The summed E-state index contributed by atoms with van der Waals surface area (Å²) < 4.78 is 22.1. The SMILES string of the molecule is COc1cc(NC(=O)c2ccc(-c3ccc(Cl)cc3)o2)c(N2CCOCC2)cc1OC. The predicted octanol–water partition coefficient (Wildman–Crippen LogP) is 4.71. The second-order valence-corrected chi connectivity index (χ2v) is 7.39. The van der Waals surface area contributed by atoms with E-state index >= 15 is 0 Å². The number of nitrogens with one attached hydrogen (secondary N) is 1. The molecule has 7 nitrogen and oxygen atoms in total. The standard InChI is InChI=1S/C23H23ClN2O5/c1-28-21-13-17(18(14-22(21)29-2)26-9-11-30-12-10-26)25-23(27)20-8-7-19(31-20)15-3-5-16(24)6-4-15/h3-8,13-14H,9-12H2,1-2H3,(H,25,27). The Balaban J connectivity index is 1.61. The maximum atomic E-state index is 13.0. The normalized spacial score (nSPS) is 13.7. The van der Waals surface area contributed by atoms with E-state index in [0.29, 0.717) is 54.3 Å². The van der Waals surface area contributed by atoms with Crippen LogP contribution in [0.3, 0.4) is 0 Å². The van der Waals surface area contributed by atoms with E-state index in [4.69, 9.17) is 30.2 Å². The van der Waals surface area contributed by atoms with Crippen molar-refractivity contribution in [3.8, 4) is 22.8 Å². The van der Waals surface area contributed by atoms with Gasteiger partial charge in [-0.15, -0.1) is 0 Å². The summed E-state index contributed by atoms with van der Waals surface area (Å²) in [5, 5.41) is 3.59. The molecule has 8 heteroatoms. The number of furan rings is 1. The Labute approximate surface area is 185 Å². The summed E-state index contributed by atoms with van der Waals surface area (Å²) in [6.07, 6.45) is 0. The van der Waals surface area contributed by atoms with E-state index in [1.54, 1.807) is 44.6 Å². The molecule has 0 bridgehead atoms. The minimum Gasteiger partial charge on any atom is -0.493 e. The van der Waals surface area contributed by atoms with Gasteiger partial charge in [-0.3, -0.25) is 4.79 Å². The van der Waals surface area contributed by atoms with Crippen LogP contribution in [0.5, 0.6) is 11.5 Å². The fourth-order valence-electron chi connectivity index (χ4n) is 3.45. The van der Waals surface area contributed by atoms with Crippen molar-refractivity contribution >= 4 is 28.9 Å². The van der Waals surface area contributed by atoms with Crippen LogP contribution >= 0.6 is 11.6 Å². The Bertz CT molecular complexity index is 1060. The highest BCUT2D eigenvalue weighted by Crippen LogP contribution is 2.39. The number of anilines is 2. The number of morpholine rings is 1. The zero-order valence-electron chi connectivity index (χ0n) is 17.3. The van der Waals surface area contributed by atoms with Gasteiger partial charge in [-0.05, 0) is 36.4 Å². The molecule has 1 amide bonds. The third-order valence-electron chi connectivity index (χ3n) is 5.06. The summed E-state index contributed by atoms with van der Waals surface area (Å²) >= 11 is 5.94. The van der Waals surface area contributed by atoms with E-state index < -0.39 is 0 Å². The summed E-state index contributed by atoms with van der Waals surface area (Å²) in [6.45, 7) is 2.65. The Kier molecular flexibility index (Phi) is 6.34. The number of hydrogen-bond acceptors (Lipinski definition) is 6. The van der Waals surface area contributed by atoms with Crippen molar-refractivity contribution in [1.82, 2.24) is 0 Å². The van der Waals surface area contributed by atoms with Crippen LogP contribution < -0.4 is 19.7 Å². The first kappa shape index (κ1) is 21.1. The number of amides is 1. The molecule has 31 heavy (non-hydrogen) atoms. The molecule has 0 atom stereocenters. The summed E-state index contributed by atoms with van der Waals surface area (Å²) in [5.41, 5.74) is 2.27. The third kappa shape index (κ3) is 4.62. The van der Waals surface area contributed by atoms with Crippen LogP contribution in [0.1, 0.15) is 10.6 Å². The highest BCUT2D eigenvalue weighted by atomic mass is 35.5. The van der Waals surface area contributed by atoms with Gasteiger partial charge < -0.3 is 28.8 Å². The Morgan fingerprint density at radius 2 is 1.68 bits per heavy atom. The lowest BCUT2D eigenvalue weighted by molar-refractivity contribution is 0.0997. The van der Waals surface area contributed by atoms with Crippen LogP contribution in [0.2, 0.25) is 5.02 Å². The molecule has 162 valence electrons. The number of hydrogen-bond donors (Lipinski definition) is 1. The summed E-state index contributed by atoms with van der Waals surface area (Å²) in [5.74, 6) is 1.54. The van der Waals surface area contributed by atoms with Gasteiger partial charge in [-0.25, -0.2) is 0 Å². The highest BCUT2D eigenvalue weighted by molar-refractivity contribution is 6.30. The number of halogens is 1. The molecular weight excluding hydrogens is 420 g/mol. The lowest BCUT2D eigenvalue weighted by Gasteiger charge is -2.31. The van der Waals surface area contributed by atoms with E-state index in [0.717, 1.165) is 11.3 Å². The van der Waals surface area contributed by atoms with Crippen LogP contribution in [0.4, 0.5) is 11.4 Å². The molecule has 1 N–H and O–H groups in total. The minimum atomic E-state index is -0.359. The molecule has 1 aliphatic rings. The van der Waals surface area contributed by atoms with Gasteiger partial charge in [-0.2, -0.15) is 0 Å². The zero-order valence-corrected chi connectivity index (χ0v) is 18.1. The predicted molar refractivity (Wildman–Crippen MR) is 120 cm³/mol. The molecule has 0 radical (unpaired) electrons. The van der Waals surface area contributed by atoms with E-state index in [1.165, 1.54) is 0 Å². The van der Waals surface area contributed by atoms with Crippen molar-refractivity contribution in [3.63, 3.8) is 0 Å². The molecule has 2 aromatic carbocycles. The molecule has 1 fully saturated rings. The number of methoxy groups -OCH3 is 2.